The highest BCUT2D eigenvalue weighted by molar-refractivity contribution is 5.97. The van der Waals surface area contributed by atoms with Crippen molar-refractivity contribution in [1.82, 2.24) is 10.4 Å². The first-order valence-corrected chi connectivity index (χ1v) is 8.26. The molecule has 26 heavy (non-hydrogen) atoms. The molecule has 0 aliphatic rings. The highest BCUT2D eigenvalue weighted by Crippen LogP contribution is 2.29. The molecule has 5 nitrogen and oxygen atoms in total. The van der Waals surface area contributed by atoms with E-state index in [0.717, 1.165) is 11.1 Å². The van der Waals surface area contributed by atoms with Crippen LogP contribution >= 0.6 is 0 Å². The van der Waals surface area contributed by atoms with Crippen LogP contribution in [0.1, 0.15) is 12.6 Å². The van der Waals surface area contributed by atoms with Crippen molar-refractivity contribution in [2.45, 2.75) is 6.92 Å². The molecule has 1 heterocycles. The predicted molar refractivity (Wildman–Crippen MR) is 102 cm³/mol. The van der Waals surface area contributed by atoms with Crippen LogP contribution in [-0.4, -0.2) is 23.2 Å². The number of aromatic nitrogens is 1. The highest BCUT2D eigenvalue weighted by Gasteiger charge is 2.08. The Morgan fingerprint density at radius 1 is 1.00 bits per heavy atom. The van der Waals surface area contributed by atoms with Gasteiger partial charge in [0.25, 0.3) is 5.91 Å². The molecular weight excluding hydrogens is 326 g/mol. The summed E-state index contributed by atoms with van der Waals surface area (Å²) in [7, 11) is 0. The van der Waals surface area contributed by atoms with E-state index in [1.54, 1.807) is 13.1 Å². The number of hydrogen-bond acceptors (Lipinski definition) is 4. The summed E-state index contributed by atoms with van der Waals surface area (Å²) in [5, 5.41) is 4.06. The number of nitrogens with zero attached hydrogens (tertiary/aromatic N) is 2. The van der Waals surface area contributed by atoms with E-state index < -0.39 is 0 Å². The molecule has 1 amide bonds. The van der Waals surface area contributed by atoms with Crippen LogP contribution < -0.4 is 10.2 Å². The number of hydrazone groups is 1. The van der Waals surface area contributed by atoms with Gasteiger partial charge in [-0.3, -0.25) is 9.78 Å². The molecule has 0 radical (unpaired) electrons. The summed E-state index contributed by atoms with van der Waals surface area (Å²) >= 11 is 0. The number of rotatable bonds is 6. The first-order valence-electron chi connectivity index (χ1n) is 8.26. The summed E-state index contributed by atoms with van der Waals surface area (Å²) < 4.78 is 5.69. The molecule has 1 N–H and O–H groups in total. The number of hydrogen-bond donors (Lipinski definition) is 1. The van der Waals surface area contributed by atoms with E-state index in [1.165, 1.54) is 0 Å². The van der Waals surface area contributed by atoms with Crippen molar-refractivity contribution in [3.63, 3.8) is 0 Å². The molecule has 0 unspecified atom stereocenters. The number of benzene rings is 2. The second-order valence-corrected chi connectivity index (χ2v) is 5.60. The predicted octanol–water partition coefficient (Wildman–Crippen LogP) is 3.67. The quantitative estimate of drug-likeness (QED) is 0.548. The van der Waals surface area contributed by atoms with Crippen LogP contribution in [-0.2, 0) is 4.79 Å². The van der Waals surface area contributed by atoms with Crippen molar-refractivity contribution in [2.24, 2.45) is 5.10 Å². The third-order valence-electron chi connectivity index (χ3n) is 3.71. The van der Waals surface area contributed by atoms with E-state index in [9.17, 15) is 4.79 Å². The summed E-state index contributed by atoms with van der Waals surface area (Å²) in [4.78, 5) is 16.2. The van der Waals surface area contributed by atoms with Gasteiger partial charge in [-0.1, -0.05) is 54.6 Å². The van der Waals surface area contributed by atoms with Crippen molar-refractivity contribution in [3.8, 4) is 16.9 Å². The van der Waals surface area contributed by atoms with Crippen molar-refractivity contribution >= 4 is 11.6 Å². The molecular formula is C21H19N3O2. The van der Waals surface area contributed by atoms with Crippen molar-refractivity contribution in [1.29, 1.82) is 0 Å². The van der Waals surface area contributed by atoms with Gasteiger partial charge in [0, 0.05) is 11.8 Å². The Hall–Kier alpha value is -3.47. The smallest absolute Gasteiger partial charge is 0.277 e. The van der Waals surface area contributed by atoms with E-state index in [-0.39, 0.29) is 12.5 Å². The maximum atomic E-state index is 12.0. The molecule has 0 atom stereocenters. The number of pyridine rings is 1. The third kappa shape index (κ3) is 4.54. The monoisotopic (exact) mass is 345 g/mol. The molecule has 0 aliphatic heterocycles. The standard InChI is InChI=1S/C21H19N3O2/c1-16(19-12-7-8-14-22-19)23-24-21(25)15-26-20-13-6-5-11-18(20)17-9-3-2-4-10-17/h2-14H,15H2,1H3,(H,24,25)/b23-16+. The van der Waals surface area contributed by atoms with Gasteiger partial charge in [-0.25, -0.2) is 5.43 Å². The summed E-state index contributed by atoms with van der Waals surface area (Å²) in [5.74, 6) is 0.322. The molecule has 0 spiro atoms. The molecule has 1 aromatic heterocycles. The van der Waals surface area contributed by atoms with Crippen molar-refractivity contribution < 1.29 is 9.53 Å². The summed E-state index contributed by atoms with van der Waals surface area (Å²) in [6, 6.07) is 23.1. The number of amides is 1. The first kappa shape index (κ1) is 17.4. The van der Waals surface area contributed by atoms with Crippen LogP contribution in [0.3, 0.4) is 0 Å². The number of ether oxygens (including phenoxy) is 1. The van der Waals surface area contributed by atoms with E-state index in [1.807, 2.05) is 72.8 Å². The van der Waals surface area contributed by atoms with Crippen LogP contribution in [0.5, 0.6) is 5.75 Å². The Bertz CT molecular complexity index is 893. The van der Waals surface area contributed by atoms with Gasteiger partial charge in [-0.05, 0) is 30.7 Å². The number of carbonyl (C=O) groups is 1. The van der Waals surface area contributed by atoms with Gasteiger partial charge in [0.1, 0.15) is 5.75 Å². The Morgan fingerprint density at radius 3 is 2.50 bits per heavy atom. The summed E-state index contributed by atoms with van der Waals surface area (Å²) in [6.07, 6.45) is 1.68. The van der Waals surface area contributed by atoms with Crippen LogP contribution in [0, 0.1) is 0 Å². The maximum Gasteiger partial charge on any atom is 0.277 e. The second kappa shape index (κ2) is 8.58. The zero-order chi connectivity index (χ0) is 18.2. The summed E-state index contributed by atoms with van der Waals surface area (Å²) in [5.41, 5.74) is 5.81. The Kier molecular flexibility index (Phi) is 5.72. The lowest BCUT2D eigenvalue weighted by molar-refractivity contribution is -0.123. The second-order valence-electron chi connectivity index (χ2n) is 5.60. The SMILES string of the molecule is C/C(=N\NC(=O)COc1ccccc1-c1ccccc1)c1ccccn1. The molecule has 0 saturated heterocycles. The van der Waals surface area contributed by atoms with Crippen molar-refractivity contribution in [3.05, 3.63) is 84.7 Å². The number of para-hydroxylation sites is 1. The van der Waals surface area contributed by atoms with Gasteiger partial charge in [0.2, 0.25) is 0 Å². The zero-order valence-corrected chi connectivity index (χ0v) is 14.4. The van der Waals surface area contributed by atoms with Gasteiger partial charge in [0.05, 0.1) is 11.4 Å². The molecule has 0 saturated carbocycles. The minimum Gasteiger partial charge on any atom is -0.483 e. The molecule has 3 aromatic rings. The van der Waals surface area contributed by atoms with Gasteiger partial charge >= 0.3 is 0 Å². The molecule has 2 aromatic carbocycles. The van der Waals surface area contributed by atoms with Gasteiger partial charge in [-0.15, -0.1) is 0 Å². The Morgan fingerprint density at radius 2 is 1.73 bits per heavy atom. The van der Waals surface area contributed by atoms with Gasteiger partial charge in [0.15, 0.2) is 6.61 Å². The normalized spacial score (nSPS) is 11.0. The average Bonchev–Trinajstić information content (AvgIpc) is 2.72. The van der Waals surface area contributed by atoms with Crippen LogP contribution in [0.4, 0.5) is 0 Å². The molecule has 0 aliphatic carbocycles. The maximum absolute atomic E-state index is 12.0. The van der Waals surface area contributed by atoms with E-state index >= 15 is 0 Å². The largest absolute Gasteiger partial charge is 0.483 e. The number of nitrogens with one attached hydrogen (secondary N) is 1. The highest BCUT2D eigenvalue weighted by atomic mass is 16.5. The molecule has 3 rings (SSSR count). The molecule has 0 fully saturated rings. The average molecular weight is 345 g/mol. The first-order chi connectivity index (χ1) is 12.7. The van der Waals surface area contributed by atoms with E-state index in [0.29, 0.717) is 17.2 Å². The lowest BCUT2D eigenvalue weighted by Gasteiger charge is -2.11. The van der Waals surface area contributed by atoms with Crippen LogP contribution in [0.15, 0.2) is 84.1 Å². The van der Waals surface area contributed by atoms with Gasteiger partial charge in [-0.2, -0.15) is 5.10 Å². The minimum atomic E-state index is -0.330. The van der Waals surface area contributed by atoms with Crippen LogP contribution in [0.25, 0.3) is 11.1 Å². The fourth-order valence-electron chi connectivity index (χ4n) is 2.40. The Labute approximate surface area is 152 Å². The van der Waals surface area contributed by atoms with E-state index in [2.05, 4.69) is 15.5 Å². The minimum absolute atomic E-state index is 0.122. The molecule has 5 heteroatoms. The van der Waals surface area contributed by atoms with Crippen molar-refractivity contribution in [2.75, 3.05) is 6.61 Å². The molecule has 130 valence electrons. The number of carbonyl (C=O) groups excluding carboxylic acids is 1. The van der Waals surface area contributed by atoms with Crippen LogP contribution in [0.2, 0.25) is 0 Å². The lowest BCUT2D eigenvalue weighted by Crippen LogP contribution is -2.25. The molecule has 0 bridgehead atoms. The summed E-state index contributed by atoms with van der Waals surface area (Å²) in [6.45, 7) is 1.66. The van der Waals surface area contributed by atoms with E-state index in [4.69, 9.17) is 4.74 Å². The zero-order valence-electron chi connectivity index (χ0n) is 14.4. The third-order valence-corrected chi connectivity index (χ3v) is 3.71. The van der Waals surface area contributed by atoms with Gasteiger partial charge < -0.3 is 4.74 Å². The fraction of sp³-hybridized carbons (Fsp3) is 0.0952. The fourth-order valence-corrected chi connectivity index (χ4v) is 2.40. The topological polar surface area (TPSA) is 63.6 Å². The lowest BCUT2D eigenvalue weighted by atomic mass is 10.1. The Balaban J connectivity index is 1.62.